The number of benzene rings is 2. The molecule has 0 aliphatic heterocycles. The van der Waals surface area contributed by atoms with Gasteiger partial charge in [-0.05, 0) is 46.8 Å². The summed E-state index contributed by atoms with van der Waals surface area (Å²) < 4.78 is 11.6. The van der Waals surface area contributed by atoms with E-state index in [1.807, 2.05) is 0 Å². The van der Waals surface area contributed by atoms with E-state index in [4.69, 9.17) is 21.1 Å². The number of esters is 1. The zero-order valence-electron chi connectivity index (χ0n) is 14.3. The molecule has 9 nitrogen and oxygen atoms in total. The topological polar surface area (TPSA) is 108 Å². The van der Waals surface area contributed by atoms with Crippen LogP contribution in [-0.2, 0) is 4.79 Å². The van der Waals surface area contributed by atoms with E-state index >= 15 is 0 Å². The number of carbonyl (C=O) groups is 2. The van der Waals surface area contributed by atoms with E-state index in [0.29, 0.717) is 22.0 Å². The summed E-state index contributed by atoms with van der Waals surface area (Å²) in [7, 11) is 1.41. The molecule has 2 aromatic carbocycles. The molecule has 1 aromatic heterocycles. The second-order valence-corrected chi connectivity index (χ2v) is 5.74. The fourth-order valence-electron chi connectivity index (χ4n) is 2.27. The average molecular weight is 388 g/mol. The molecule has 3 rings (SSSR count). The van der Waals surface area contributed by atoms with Crippen molar-refractivity contribution in [1.82, 2.24) is 20.2 Å². The summed E-state index contributed by atoms with van der Waals surface area (Å²) in [5, 5.41) is 14.0. The van der Waals surface area contributed by atoms with Crippen LogP contribution in [0.1, 0.15) is 17.3 Å². The van der Waals surface area contributed by atoms with Crippen LogP contribution in [0.5, 0.6) is 11.5 Å². The largest absolute Gasteiger partial charge is 0.493 e. The number of halogens is 1. The highest BCUT2D eigenvalue weighted by Gasteiger charge is 2.14. The van der Waals surface area contributed by atoms with Crippen LogP contribution in [0.25, 0.3) is 5.69 Å². The Labute approximate surface area is 158 Å². The minimum Gasteiger partial charge on any atom is -0.493 e. The molecule has 0 radical (unpaired) electrons. The molecule has 0 aliphatic rings. The van der Waals surface area contributed by atoms with Crippen LogP contribution in [0.2, 0.25) is 5.02 Å². The molecule has 0 bridgehead atoms. The Morgan fingerprint density at radius 1 is 1.15 bits per heavy atom. The summed E-state index contributed by atoms with van der Waals surface area (Å²) in [5.74, 6) is -0.429. The highest BCUT2D eigenvalue weighted by molar-refractivity contribution is 6.34. The van der Waals surface area contributed by atoms with Crippen LogP contribution >= 0.6 is 11.6 Å². The van der Waals surface area contributed by atoms with Crippen molar-refractivity contribution in [3.05, 3.63) is 53.3 Å². The summed E-state index contributed by atoms with van der Waals surface area (Å²) in [6.07, 6.45) is 1.42. The molecular formula is C17H14ClN5O4. The van der Waals surface area contributed by atoms with Crippen molar-refractivity contribution >= 4 is 29.2 Å². The van der Waals surface area contributed by atoms with Gasteiger partial charge in [0, 0.05) is 12.5 Å². The van der Waals surface area contributed by atoms with Gasteiger partial charge in [0.15, 0.2) is 11.5 Å². The van der Waals surface area contributed by atoms with Crippen molar-refractivity contribution in [1.29, 1.82) is 0 Å². The Hall–Kier alpha value is -3.46. The lowest BCUT2D eigenvalue weighted by atomic mass is 10.1. The maximum absolute atomic E-state index is 12.6. The molecule has 0 unspecified atom stereocenters. The standard InChI is InChI=1S/C17H14ClN5O4/c1-10(24)27-15-6-3-11(7-16(15)26-2)17(25)20-14-8-12(4-5-13(14)18)23-9-19-21-22-23/h3-9H,1-2H3,(H,20,25). The van der Waals surface area contributed by atoms with E-state index in [9.17, 15) is 9.59 Å². The predicted molar refractivity (Wildman–Crippen MR) is 96.4 cm³/mol. The van der Waals surface area contributed by atoms with Crippen molar-refractivity contribution in [3.63, 3.8) is 0 Å². The first kappa shape index (κ1) is 18.3. The van der Waals surface area contributed by atoms with Crippen LogP contribution in [-0.4, -0.2) is 39.2 Å². The van der Waals surface area contributed by atoms with Crippen LogP contribution in [0.4, 0.5) is 5.69 Å². The minimum absolute atomic E-state index is 0.222. The second-order valence-electron chi connectivity index (χ2n) is 5.33. The molecule has 0 atom stereocenters. The third-order valence-corrected chi connectivity index (χ3v) is 3.82. The summed E-state index contributed by atoms with van der Waals surface area (Å²) in [6, 6.07) is 9.43. The van der Waals surface area contributed by atoms with Gasteiger partial charge in [-0.2, -0.15) is 0 Å². The molecule has 138 valence electrons. The highest BCUT2D eigenvalue weighted by atomic mass is 35.5. The molecule has 0 saturated heterocycles. The van der Waals surface area contributed by atoms with Gasteiger partial charge in [-0.15, -0.1) is 5.10 Å². The van der Waals surface area contributed by atoms with E-state index in [2.05, 4.69) is 20.8 Å². The van der Waals surface area contributed by atoms with Gasteiger partial charge < -0.3 is 14.8 Å². The van der Waals surface area contributed by atoms with Crippen molar-refractivity contribution in [3.8, 4) is 17.2 Å². The lowest BCUT2D eigenvalue weighted by Crippen LogP contribution is -2.13. The summed E-state index contributed by atoms with van der Waals surface area (Å²) in [5.41, 5.74) is 1.31. The normalized spacial score (nSPS) is 10.3. The first-order valence-electron chi connectivity index (χ1n) is 7.68. The lowest BCUT2D eigenvalue weighted by molar-refractivity contribution is -0.132. The molecule has 0 saturated carbocycles. The van der Waals surface area contributed by atoms with Gasteiger partial charge in [-0.1, -0.05) is 11.6 Å². The Morgan fingerprint density at radius 3 is 2.63 bits per heavy atom. The van der Waals surface area contributed by atoms with Crippen LogP contribution in [0, 0.1) is 0 Å². The van der Waals surface area contributed by atoms with Gasteiger partial charge in [0.2, 0.25) is 0 Å². The van der Waals surface area contributed by atoms with Crippen molar-refractivity contribution in [2.75, 3.05) is 12.4 Å². The van der Waals surface area contributed by atoms with E-state index in [1.165, 1.54) is 43.2 Å². The maximum atomic E-state index is 12.6. The third-order valence-electron chi connectivity index (χ3n) is 3.49. The average Bonchev–Trinajstić information content (AvgIpc) is 3.18. The number of carbonyl (C=O) groups excluding carboxylic acids is 2. The minimum atomic E-state index is -0.489. The second kappa shape index (κ2) is 7.83. The highest BCUT2D eigenvalue weighted by Crippen LogP contribution is 2.29. The summed E-state index contributed by atoms with van der Waals surface area (Å²) in [4.78, 5) is 23.7. The number of tetrazole rings is 1. The number of anilines is 1. The van der Waals surface area contributed by atoms with E-state index in [0.717, 1.165) is 0 Å². The van der Waals surface area contributed by atoms with Gasteiger partial charge in [-0.25, -0.2) is 4.68 Å². The molecule has 1 N–H and O–H groups in total. The fourth-order valence-corrected chi connectivity index (χ4v) is 2.44. The van der Waals surface area contributed by atoms with Gasteiger partial charge in [0.05, 0.1) is 23.5 Å². The first-order valence-corrected chi connectivity index (χ1v) is 8.06. The molecule has 0 aliphatic carbocycles. The monoisotopic (exact) mass is 387 g/mol. The van der Waals surface area contributed by atoms with Gasteiger partial charge >= 0.3 is 5.97 Å². The lowest BCUT2D eigenvalue weighted by Gasteiger charge is -2.12. The fraction of sp³-hybridized carbons (Fsp3) is 0.118. The summed E-state index contributed by atoms with van der Waals surface area (Å²) in [6.45, 7) is 1.28. The van der Waals surface area contributed by atoms with Gasteiger partial charge in [0.1, 0.15) is 6.33 Å². The summed E-state index contributed by atoms with van der Waals surface area (Å²) >= 11 is 6.17. The zero-order valence-corrected chi connectivity index (χ0v) is 15.1. The number of nitrogens with zero attached hydrogens (tertiary/aromatic N) is 4. The smallest absolute Gasteiger partial charge is 0.308 e. The number of hydrogen-bond acceptors (Lipinski definition) is 7. The number of aromatic nitrogens is 4. The number of hydrogen-bond donors (Lipinski definition) is 1. The van der Waals surface area contributed by atoms with Crippen molar-refractivity contribution in [2.45, 2.75) is 6.92 Å². The van der Waals surface area contributed by atoms with Crippen LogP contribution in [0.15, 0.2) is 42.7 Å². The van der Waals surface area contributed by atoms with Crippen molar-refractivity contribution < 1.29 is 19.1 Å². The SMILES string of the molecule is COc1cc(C(=O)Nc2cc(-n3cnnn3)ccc2Cl)ccc1OC(C)=O. The number of ether oxygens (including phenoxy) is 2. The number of rotatable bonds is 5. The molecule has 0 spiro atoms. The van der Waals surface area contributed by atoms with Gasteiger partial charge in [-0.3, -0.25) is 9.59 Å². The van der Waals surface area contributed by atoms with Crippen LogP contribution < -0.4 is 14.8 Å². The molecule has 27 heavy (non-hydrogen) atoms. The number of methoxy groups -OCH3 is 1. The quantitative estimate of drug-likeness (QED) is 0.529. The van der Waals surface area contributed by atoms with E-state index in [-0.39, 0.29) is 11.5 Å². The Balaban J connectivity index is 1.85. The van der Waals surface area contributed by atoms with E-state index in [1.54, 1.807) is 18.2 Å². The number of amides is 1. The molecule has 1 amide bonds. The number of nitrogens with one attached hydrogen (secondary N) is 1. The van der Waals surface area contributed by atoms with Gasteiger partial charge in [0.25, 0.3) is 5.91 Å². The Bertz CT molecular complexity index is 991. The van der Waals surface area contributed by atoms with Crippen molar-refractivity contribution in [2.24, 2.45) is 0 Å². The maximum Gasteiger partial charge on any atom is 0.308 e. The Morgan fingerprint density at radius 2 is 1.96 bits per heavy atom. The van der Waals surface area contributed by atoms with Crippen LogP contribution in [0.3, 0.4) is 0 Å². The molecule has 0 fully saturated rings. The third kappa shape index (κ3) is 4.21. The molecule has 3 aromatic rings. The first-order chi connectivity index (χ1) is 13.0. The molecule has 10 heteroatoms. The van der Waals surface area contributed by atoms with E-state index < -0.39 is 11.9 Å². The predicted octanol–water partition coefficient (Wildman–Crippen LogP) is 2.50. The Kier molecular flexibility index (Phi) is 5.32. The molecular weight excluding hydrogens is 374 g/mol. The molecule has 1 heterocycles. The zero-order chi connectivity index (χ0) is 19.4.